The van der Waals surface area contributed by atoms with E-state index in [9.17, 15) is 4.39 Å². The minimum absolute atomic E-state index is 0.262. The van der Waals surface area contributed by atoms with Crippen LogP contribution in [0.2, 0.25) is 0 Å². The molecule has 0 bridgehead atoms. The minimum Gasteiger partial charge on any atom is -0.354 e. The molecule has 134 valence electrons. The van der Waals surface area contributed by atoms with E-state index < -0.39 is 0 Å². The van der Waals surface area contributed by atoms with Crippen molar-refractivity contribution in [3.8, 4) is 5.69 Å². The van der Waals surface area contributed by atoms with Crippen LogP contribution in [0.4, 0.5) is 4.39 Å². The standard InChI is InChI=1S/C19H26FN5/c1-14-3-6-16(7-4-14)24-19(21-2)23-12-15-5-8-18(17(20)11-15)25-10-9-22-13-25/h5,8-11,13-14,16H,3-4,6-7,12H2,1-2H3,(H2,21,23,24). The molecular formula is C19H26FN5. The summed E-state index contributed by atoms with van der Waals surface area (Å²) < 4.78 is 16.0. The lowest BCUT2D eigenvalue weighted by Crippen LogP contribution is -2.44. The SMILES string of the molecule is CN=C(NCc1ccc(-n2ccnc2)c(F)c1)NC1CCC(C)CC1. The highest BCUT2D eigenvalue weighted by atomic mass is 19.1. The van der Waals surface area contributed by atoms with E-state index in [0.717, 1.165) is 17.4 Å². The summed E-state index contributed by atoms with van der Waals surface area (Å²) in [5, 5.41) is 6.76. The third-order valence-electron chi connectivity index (χ3n) is 4.83. The molecule has 25 heavy (non-hydrogen) atoms. The Morgan fingerprint density at radius 1 is 1.32 bits per heavy atom. The molecule has 0 aliphatic heterocycles. The van der Waals surface area contributed by atoms with Crippen molar-refractivity contribution in [3.05, 3.63) is 48.3 Å². The summed E-state index contributed by atoms with van der Waals surface area (Å²) in [5.74, 6) is 1.34. The lowest BCUT2D eigenvalue weighted by Gasteiger charge is -2.28. The quantitative estimate of drug-likeness (QED) is 0.662. The van der Waals surface area contributed by atoms with Gasteiger partial charge in [-0.1, -0.05) is 13.0 Å². The fourth-order valence-electron chi connectivity index (χ4n) is 3.25. The van der Waals surface area contributed by atoms with E-state index >= 15 is 0 Å². The Morgan fingerprint density at radius 3 is 2.76 bits per heavy atom. The van der Waals surface area contributed by atoms with Crippen LogP contribution in [0, 0.1) is 11.7 Å². The first kappa shape index (κ1) is 17.5. The molecule has 0 spiro atoms. The van der Waals surface area contributed by atoms with Crippen molar-refractivity contribution in [2.24, 2.45) is 10.9 Å². The zero-order valence-corrected chi connectivity index (χ0v) is 14.9. The molecule has 0 saturated heterocycles. The van der Waals surface area contributed by atoms with Gasteiger partial charge in [0, 0.05) is 32.0 Å². The van der Waals surface area contributed by atoms with Gasteiger partial charge in [0.1, 0.15) is 5.82 Å². The zero-order valence-electron chi connectivity index (χ0n) is 14.9. The second-order valence-electron chi connectivity index (χ2n) is 6.78. The lowest BCUT2D eigenvalue weighted by molar-refractivity contribution is 0.329. The monoisotopic (exact) mass is 343 g/mol. The molecule has 5 nitrogen and oxygen atoms in total. The molecule has 0 atom stereocenters. The van der Waals surface area contributed by atoms with Crippen LogP contribution < -0.4 is 10.6 Å². The van der Waals surface area contributed by atoms with Crippen LogP contribution >= 0.6 is 0 Å². The van der Waals surface area contributed by atoms with Crippen LogP contribution in [-0.4, -0.2) is 28.6 Å². The van der Waals surface area contributed by atoms with Crippen LogP contribution in [0.25, 0.3) is 5.69 Å². The van der Waals surface area contributed by atoms with E-state index in [4.69, 9.17) is 0 Å². The van der Waals surface area contributed by atoms with Crippen molar-refractivity contribution in [2.45, 2.75) is 45.2 Å². The van der Waals surface area contributed by atoms with Gasteiger partial charge in [-0.2, -0.15) is 0 Å². The average Bonchev–Trinajstić information content (AvgIpc) is 3.14. The van der Waals surface area contributed by atoms with Gasteiger partial charge in [0.25, 0.3) is 0 Å². The van der Waals surface area contributed by atoms with Crippen LogP contribution in [-0.2, 0) is 6.54 Å². The molecule has 1 aromatic carbocycles. The largest absolute Gasteiger partial charge is 0.354 e. The molecular weight excluding hydrogens is 317 g/mol. The molecule has 1 saturated carbocycles. The number of aromatic nitrogens is 2. The smallest absolute Gasteiger partial charge is 0.191 e. The Balaban J connectivity index is 1.56. The van der Waals surface area contributed by atoms with E-state index in [1.54, 1.807) is 42.5 Å². The number of rotatable bonds is 4. The van der Waals surface area contributed by atoms with E-state index in [2.05, 4.69) is 27.5 Å². The maximum Gasteiger partial charge on any atom is 0.191 e. The van der Waals surface area contributed by atoms with Gasteiger partial charge in [-0.05, 0) is 49.3 Å². The van der Waals surface area contributed by atoms with Gasteiger partial charge in [-0.15, -0.1) is 0 Å². The molecule has 2 N–H and O–H groups in total. The molecule has 1 aliphatic carbocycles. The number of hydrogen-bond donors (Lipinski definition) is 2. The topological polar surface area (TPSA) is 54.2 Å². The van der Waals surface area contributed by atoms with Gasteiger partial charge in [-0.25, -0.2) is 9.37 Å². The average molecular weight is 343 g/mol. The molecule has 1 heterocycles. The maximum absolute atomic E-state index is 14.3. The van der Waals surface area contributed by atoms with Crippen LogP contribution in [0.1, 0.15) is 38.2 Å². The van der Waals surface area contributed by atoms with Gasteiger partial charge in [-0.3, -0.25) is 4.99 Å². The fourth-order valence-corrected chi connectivity index (χ4v) is 3.25. The highest BCUT2D eigenvalue weighted by molar-refractivity contribution is 5.79. The number of hydrogen-bond acceptors (Lipinski definition) is 2. The number of benzene rings is 1. The first-order valence-electron chi connectivity index (χ1n) is 8.89. The summed E-state index contributed by atoms with van der Waals surface area (Å²) in [4.78, 5) is 8.24. The molecule has 0 unspecified atom stereocenters. The number of nitrogens with zero attached hydrogens (tertiary/aromatic N) is 3. The van der Waals surface area contributed by atoms with E-state index in [1.165, 1.54) is 25.7 Å². The normalized spacial score (nSPS) is 21.2. The Bertz CT molecular complexity index is 703. The number of imidazole rings is 1. The molecule has 1 fully saturated rings. The predicted molar refractivity (Wildman–Crippen MR) is 98.3 cm³/mol. The molecule has 2 aromatic rings. The Hall–Kier alpha value is -2.37. The van der Waals surface area contributed by atoms with Gasteiger partial charge < -0.3 is 15.2 Å². The summed E-state index contributed by atoms with van der Waals surface area (Å²) in [6.45, 7) is 2.84. The van der Waals surface area contributed by atoms with Gasteiger partial charge >= 0.3 is 0 Å². The number of guanidine groups is 1. The molecule has 1 aromatic heterocycles. The third kappa shape index (κ3) is 4.59. The van der Waals surface area contributed by atoms with E-state index in [-0.39, 0.29) is 5.82 Å². The van der Waals surface area contributed by atoms with Crippen molar-refractivity contribution in [3.63, 3.8) is 0 Å². The first-order chi connectivity index (χ1) is 12.2. The van der Waals surface area contributed by atoms with Crippen molar-refractivity contribution in [1.82, 2.24) is 20.2 Å². The molecule has 6 heteroatoms. The Labute approximate surface area is 148 Å². The molecule has 0 radical (unpaired) electrons. The molecule has 3 rings (SSSR count). The lowest BCUT2D eigenvalue weighted by atomic mass is 9.87. The second kappa shape index (κ2) is 8.14. The van der Waals surface area contributed by atoms with Crippen molar-refractivity contribution in [1.29, 1.82) is 0 Å². The predicted octanol–water partition coefficient (Wildman–Crippen LogP) is 3.26. The van der Waals surface area contributed by atoms with Crippen LogP contribution in [0.3, 0.4) is 0 Å². The van der Waals surface area contributed by atoms with Crippen molar-refractivity contribution in [2.75, 3.05) is 7.05 Å². The van der Waals surface area contributed by atoms with Crippen LogP contribution in [0.5, 0.6) is 0 Å². The van der Waals surface area contributed by atoms with Gasteiger partial charge in [0.05, 0.1) is 12.0 Å². The van der Waals surface area contributed by atoms with Gasteiger partial charge in [0.2, 0.25) is 0 Å². The Kier molecular flexibility index (Phi) is 5.68. The summed E-state index contributed by atoms with van der Waals surface area (Å²) in [6.07, 6.45) is 9.83. The zero-order chi connectivity index (χ0) is 17.6. The summed E-state index contributed by atoms with van der Waals surface area (Å²) in [5.41, 5.74) is 1.38. The minimum atomic E-state index is -0.262. The highest BCUT2D eigenvalue weighted by Gasteiger charge is 2.18. The number of aliphatic imine (C=N–C) groups is 1. The fraction of sp³-hybridized carbons (Fsp3) is 0.474. The van der Waals surface area contributed by atoms with Gasteiger partial charge in [0.15, 0.2) is 5.96 Å². The van der Waals surface area contributed by atoms with Crippen molar-refractivity contribution < 1.29 is 4.39 Å². The molecule has 1 aliphatic rings. The van der Waals surface area contributed by atoms with E-state index in [0.29, 0.717) is 18.3 Å². The molecule has 0 amide bonds. The highest BCUT2D eigenvalue weighted by Crippen LogP contribution is 2.23. The maximum atomic E-state index is 14.3. The third-order valence-corrected chi connectivity index (χ3v) is 4.83. The summed E-state index contributed by atoms with van der Waals surface area (Å²) in [6, 6.07) is 5.72. The number of halogens is 1. The van der Waals surface area contributed by atoms with Crippen LogP contribution in [0.15, 0.2) is 41.9 Å². The Morgan fingerprint density at radius 2 is 2.12 bits per heavy atom. The summed E-state index contributed by atoms with van der Waals surface area (Å²) in [7, 11) is 1.77. The van der Waals surface area contributed by atoms with E-state index in [1.807, 2.05) is 6.07 Å². The summed E-state index contributed by atoms with van der Waals surface area (Å²) >= 11 is 0. The first-order valence-corrected chi connectivity index (χ1v) is 8.89. The second-order valence-corrected chi connectivity index (χ2v) is 6.78. The van der Waals surface area contributed by atoms with Crippen molar-refractivity contribution >= 4 is 5.96 Å². The number of nitrogens with one attached hydrogen (secondary N) is 2.